The Morgan fingerprint density at radius 1 is 1.24 bits per heavy atom. The molecule has 0 spiro atoms. The molecule has 1 aliphatic heterocycles. The Labute approximate surface area is 129 Å². The Morgan fingerprint density at radius 2 is 2.05 bits per heavy atom. The molecule has 3 atom stereocenters. The number of likely N-dealkylation sites (tertiary alicyclic amines) is 1. The van der Waals surface area contributed by atoms with Crippen LogP contribution in [-0.4, -0.2) is 41.0 Å². The van der Waals surface area contributed by atoms with Crippen LogP contribution in [0.5, 0.6) is 0 Å². The van der Waals surface area contributed by atoms with Crippen LogP contribution < -0.4 is 0 Å². The minimum absolute atomic E-state index is 0.225. The molecular formula is C18H31NO2. The van der Waals surface area contributed by atoms with Crippen molar-refractivity contribution in [2.24, 2.45) is 17.3 Å². The molecule has 3 fully saturated rings. The molecule has 0 radical (unpaired) electrons. The predicted octanol–water partition coefficient (Wildman–Crippen LogP) is 3.01. The highest BCUT2D eigenvalue weighted by molar-refractivity contribution is 5.82. The third-order valence-electron chi connectivity index (χ3n) is 6.29. The van der Waals surface area contributed by atoms with Gasteiger partial charge in [0.15, 0.2) is 0 Å². The van der Waals surface area contributed by atoms with Crippen LogP contribution in [0, 0.1) is 17.3 Å². The topological polar surface area (TPSA) is 40.5 Å². The highest BCUT2D eigenvalue weighted by atomic mass is 16.3. The van der Waals surface area contributed by atoms with Crippen LogP contribution in [0.25, 0.3) is 0 Å². The molecule has 0 aromatic rings. The summed E-state index contributed by atoms with van der Waals surface area (Å²) in [6.45, 7) is 7.48. The monoisotopic (exact) mass is 293 g/mol. The number of ketones is 1. The van der Waals surface area contributed by atoms with Crippen LogP contribution in [-0.2, 0) is 4.79 Å². The van der Waals surface area contributed by atoms with Crippen LogP contribution in [0.15, 0.2) is 0 Å². The minimum Gasteiger partial charge on any atom is -0.390 e. The van der Waals surface area contributed by atoms with Crippen molar-refractivity contribution in [2.45, 2.75) is 70.8 Å². The van der Waals surface area contributed by atoms with Gasteiger partial charge in [0.2, 0.25) is 0 Å². The van der Waals surface area contributed by atoms with E-state index in [2.05, 4.69) is 18.7 Å². The molecule has 2 saturated carbocycles. The summed E-state index contributed by atoms with van der Waals surface area (Å²) >= 11 is 0. The van der Waals surface area contributed by atoms with E-state index in [1.807, 2.05) is 0 Å². The fourth-order valence-electron chi connectivity index (χ4n) is 4.83. The SMILES string of the molecule is CC1(C)CCC(=O)C(CN2CCC3(O)CCCCC3C2)C1. The molecule has 1 saturated heterocycles. The average Bonchev–Trinajstić information content (AvgIpc) is 2.43. The Bertz CT molecular complexity index is 406. The van der Waals surface area contributed by atoms with Crippen molar-refractivity contribution in [3.05, 3.63) is 0 Å². The van der Waals surface area contributed by atoms with Gasteiger partial charge in [-0.3, -0.25) is 4.79 Å². The van der Waals surface area contributed by atoms with E-state index in [9.17, 15) is 9.90 Å². The zero-order valence-electron chi connectivity index (χ0n) is 13.7. The zero-order chi connectivity index (χ0) is 15.1. The highest BCUT2D eigenvalue weighted by Gasteiger charge is 2.43. The summed E-state index contributed by atoms with van der Waals surface area (Å²) in [7, 11) is 0. The van der Waals surface area contributed by atoms with Gasteiger partial charge in [-0.1, -0.05) is 26.7 Å². The molecule has 3 aliphatic rings. The van der Waals surface area contributed by atoms with Gasteiger partial charge in [0.25, 0.3) is 0 Å². The molecule has 120 valence electrons. The average molecular weight is 293 g/mol. The van der Waals surface area contributed by atoms with Gasteiger partial charge in [-0.15, -0.1) is 0 Å². The Kier molecular flexibility index (Phi) is 4.17. The largest absolute Gasteiger partial charge is 0.390 e. The van der Waals surface area contributed by atoms with Gasteiger partial charge in [0.05, 0.1) is 5.60 Å². The molecule has 3 unspecified atom stereocenters. The van der Waals surface area contributed by atoms with Gasteiger partial charge < -0.3 is 10.0 Å². The molecule has 0 aromatic heterocycles. The quantitative estimate of drug-likeness (QED) is 0.851. The Morgan fingerprint density at radius 3 is 2.86 bits per heavy atom. The molecular weight excluding hydrogens is 262 g/mol. The van der Waals surface area contributed by atoms with Gasteiger partial charge in [0, 0.05) is 37.9 Å². The normalized spacial score (nSPS) is 40.8. The second kappa shape index (κ2) is 5.66. The smallest absolute Gasteiger partial charge is 0.137 e. The number of aliphatic hydroxyl groups is 1. The molecule has 0 aromatic carbocycles. The number of hydrogen-bond donors (Lipinski definition) is 1. The summed E-state index contributed by atoms with van der Waals surface area (Å²) in [5, 5.41) is 10.8. The fourth-order valence-corrected chi connectivity index (χ4v) is 4.83. The third kappa shape index (κ3) is 3.34. The van der Waals surface area contributed by atoms with Crippen LogP contribution in [0.2, 0.25) is 0 Å². The number of piperidine rings is 1. The van der Waals surface area contributed by atoms with Gasteiger partial charge in [-0.2, -0.15) is 0 Å². The van der Waals surface area contributed by atoms with Crippen LogP contribution in [0.1, 0.15) is 65.2 Å². The molecule has 1 heterocycles. The van der Waals surface area contributed by atoms with E-state index in [0.29, 0.717) is 17.1 Å². The number of carbonyl (C=O) groups excluding carboxylic acids is 1. The molecule has 3 rings (SSSR count). The number of carbonyl (C=O) groups is 1. The van der Waals surface area contributed by atoms with E-state index in [4.69, 9.17) is 0 Å². The third-order valence-corrected chi connectivity index (χ3v) is 6.29. The minimum atomic E-state index is -0.398. The predicted molar refractivity (Wildman–Crippen MR) is 84.1 cm³/mol. The lowest BCUT2D eigenvalue weighted by Gasteiger charge is -2.48. The van der Waals surface area contributed by atoms with Crippen molar-refractivity contribution in [2.75, 3.05) is 19.6 Å². The van der Waals surface area contributed by atoms with E-state index in [1.165, 1.54) is 12.8 Å². The lowest BCUT2D eigenvalue weighted by atomic mass is 9.69. The molecule has 3 nitrogen and oxygen atoms in total. The maximum absolute atomic E-state index is 12.2. The molecule has 21 heavy (non-hydrogen) atoms. The highest BCUT2D eigenvalue weighted by Crippen LogP contribution is 2.41. The number of hydrogen-bond acceptors (Lipinski definition) is 3. The van der Waals surface area contributed by atoms with E-state index >= 15 is 0 Å². The fraction of sp³-hybridized carbons (Fsp3) is 0.944. The lowest BCUT2D eigenvalue weighted by Crippen LogP contribution is -2.54. The van der Waals surface area contributed by atoms with Crippen LogP contribution in [0.4, 0.5) is 0 Å². The van der Waals surface area contributed by atoms with Crippen molar-refractivity contribution >= 4 is 5.78 Å². The standard InChI is InChI=1S/C18H31NO2/c1-17(2)8-6-16(20)14(11-17)12-19-10-9-18(21)7-4-3-5-15(18)13-19/h14-15,21H,3-13H2,1-2H3. The Hall–Kier alpha value is -0.410. The summed E-state index contributed by atoms with van der Waals surface area (Å²) in [5.74, 6) is 1.13. The maximum atomic E-state index is 12.2. The van der Waals surface area contributed by atoms with E-state index in [-0.39, 0.29) is 5.92 Å². The summed E-state index contributed by atoms with van der Waals surface area (Å²) in [4.78, 5) is 14.7. The maximum Gasteiger partial charge on any atom is 0.137 e. The zero-order valence-corrected chi connectivity index (χ0v) is 13.7. The van der Waals surface area contributed by atoms with Crippen molar-refractivity contribution in [1.29, 1.82) is 0 Å². The van der Waals surface area contributed by atoms with Crippen molar-refractivity contribution in [3.8, 4) is 0 Å². The first-order valence-corrected chi connectivity index (χ1v) is 8.85. The first kappa shape index (κ1) is 15.5. The van der Waals surface area contributed by atoms with Gasteiger partial charge in [-0.25, -0.2) is 0 Å². The van der Waals surface area contributed by atoms with Crippen LogP contribution >= 0.6 is 0 Å². The second-order valence-electron chi connectivity index (χ2n) is 8.59. The first-order valence-electron chi connectivity index (χ1n) is 8.85. The molecule has 0 amide bonds. The van der Waals surface area contributed by atoms with Gasteiger partial charge >= 0.3 is 0 Å². The van der Waals surface area contributed by atoms with Crippen molar-refractivity contribution in [3.63, 3.8) is 0 Å². The summed E-state index contributed by atoms with van der Waals surface area (Å²) in [6.07, 6.45) is 8.35. The van der Waals surface area contributed by atoms with Crippen molar-refractivity contribution < 1.29 is 9.90 Å². The number of fused-ring (bicyclic) bond motifs is 1. The van der Waals surface area contributed by atoms with E-state index in [1.54, 1.807) is 0 Å². The molecule has 2 aliphatic carbocycles. The first-order chi connectivity index (χ1) is 9.88. The summed E-state index contributed by atoms with van der Waals surface area (Å²) in [5.41, 5.74) is -0.0788. The summed E-state index contributed by atoms with van der Waals surface area (Å²) < 4.78 is 0. The number of rotatable bonds is 2. The summed E-state index contributed by atoms with van der Waals surface area (Å²) in [6, 6.07) is 0. The molecule has 1 N–H and O–H groups in total. The van der Waals surface area contributed by atoms with Gasteiger partial charge in [0.1, 0.15) is 5.78 Å². The van der Waals surface area contributed by atoms with E-state index in [0.717, 1.165) is 58.2 Å². The van der Waals surface area contributed by atoms with Crippen LogP contribution in [0.3, 0.4) is 0 Å². The second-order valence-corrected chi connectivity index (χ2v) is 8.59. The number of Topliss-reactive ketones (excluding diaryl/α,β-unsaturated/α-hetero) is 1. The van der Waals surface area contributed by atoms with E-state index < -0.39 is 5.60 Å². The van der Waals surface area contributed by atoms with Crippen molar-refractivity contribution in [1.82, 2.24) is 4.90 Å². The molecule has 3 heteroatoms. The lowest BCUT2D eigenvalue weighted by molar-refractivity contribution is -0.130. The van der Waals surface area contributed by atoms with Gasteiger partial charge in [-0.05, 0) is 37.5 Å². The number of nitrogens with zero attached hydrogens (tertiary/aromatic N) is 1. The molecule has 0 bridgehead atoms. The Balaban J connectivity index is 1.60.